The molecule has 1 atom stereocenters. The summed E-state index contributed by atoms with van der Waals surface area (Å²) in [6.45, 7) is 2.24. The molecular weight excluding hydrogens is 316 g/mol. The lowest BCUT2D eigenvalue weighted by atomic mass is 10.1. The standard InChI is InChI=1S/C13H20BrClN2O/c1-17(6-3-7-18-2)13(9-16)11-5-4-10(14)8-12(11)15/h4-5,8,13H,3,6-7,9,16H2,1-2H3. The van der Waals surface area contributed by atoms with Gasteiger partial charge in [0, 0.05) is 42.3 Å². The van der Waals surface area contributed by atoms with Crippen LogP contribution in [0.4, 0.5) is 0 Å². The van der Waals surface area contributed by atoms with Gasteiger partial charge >= 0.3 is 0 Å². The zero-order valence-corrected chi connectivity index (χ0v) is 13.2. The highest BCUT2D eigenvalue weighted by atomic mass is 79.9. The van der Waals surface area contributed by atoms with Gasteiger partial charge in [0.2, 0.25) is 0 Å². The highest BCUT2D eigenvalue weighted by molar-refractivity contribution is 9.10. The molecule has 0 aliphatic heterocycles. The van der Waals surface area contributed by atoms with Crippen molar-refractivity contribution in [1.29, 1.82) is 0 Å². The van der Waals surface area contributed by atoms with E-state index in [0.29, 0.717) is 6.54 Å². The maximum absolute atomic E-state index is 6.27. The normalized spacial score (nSPS) is 13.0. The number of methoxy groups -OCH3 is 1. The van der Waals surface area contributed by atoms with Crippen LogP contribution in [0.3, 0.4) is 0 Å². The van der Waals surface area contributed by atoms with Crippen molar-refractivity contribution in [2.24, 2.45) is 5.73 Å². The van der Waals surface area contributed by atoms with Gasteiger partial charge in [0.25, 0.3) is 0 Å². The summed E-state index contributed by atoms with van der Waals surface area (Å²) in [5, 5.41) is 0.749. The lowest BCUT2D eigenvalue weighted by Crippen LogP contribution is -2.32. The van der Waals surface area contributed by atoms with Crippen LogP contribution in [0.2, 0.25) is 5.02 Å². The predicted molar refractivity (Wildman–Crippen MR) is 80.1 cm³/mol. The van der Waals surface area contributed by atoms with Crippen molar-refractivity contribution < 1.29 is 4.74 Å². The summed E-state index contributed by atoms with van der Waals surface area (Å²) >= 11 is 9.68. The van der Waals surface area contributed by atoms with E-state index < -0.39 is 0 Å². The fourth-order valence-electron chi connectivity index (χ4n) is 1.93. The summed E-state index contributed by atoms with van der Waals surface area (Å²) < 4.78 is 6.04. The molecule has 2 N–H and O–H groups in total. The van der Waals surface area contributed by atoms with Crippen LogP contribution in [0.25, 0.3) is 0 Å². The molecule has 0 saturated heterocycles. The third-order valence-corrected chi connectivity index (χ3v) is 3.76. The quantitative estimate of drug-likeness (QED) is 0.778. The average molecular weight is 336 g/mol. The van der Waals surface area contributed by atoms with Crippen LogP contribution >= 0.6 is 27.5 Å². The van der Waals surface area contributed by atoms with Gasteiger partial charge in [0.05, 0.1) is 0 Å². The summed E-state index contributed by atoms with van der Waals surface area (Å²) in [4.78, 5) is 2.22. The van der Waals surface area contributed by atoms with E-state index in [1.165, 1.54) is 0 Å². The lowest BCUT2D eigenvalue weighted by molar-refractivity contribution is 0.166. The second kappa shape index (κ2) is 8.12. The van der Waals surface area contributed by atoms with Crippen LogP contribution in [0.5, 0.6) is 0 Å². The largest absolute Gasteiger partial charge is 0.385 e. The van der Waals surface area contributed by atoms with E-state index in [1.807, 2.05) is 18.2 Å². The monoisotopic (exact) mass is 334 g/mol. The van der Waals surface area contributed by atoms with Gasteiger partial charge in [0.15, 0.2) is 0 Å². The van der Waals surface area contributed by atoms with Crippen LogP contribution in [0.1, 0.15) is 18.0 Å². The van der Waals surface area contributed by atoms with E-state index in [4.69, 9.17) is 22.1 Å². The van der Waals surface area contributed by atoms with Crippen molar-refractivity contribution in [1.82, 2.24) is 4.90 Å². The number of likely N-dealkylation sites (N-methyl/N-ethyl adjacent to an activating group) is 1. The van der Waals surface area contributed by atoms with Gasteiger partial charge in [-0.2, -0.15) is 0 Å². The van der Waals surface area contributed by atoms with Crippen molar-refractivity contribution in [3.63, 3.8) is 0 Å². The number of hydrogen-bond acceptors (Lipinski definition) is 3. The predicted octanol–water partition coefficient (Wildman–Crippen LogP) is 3.07. The first-order valence-corrected chi connectivity index (χ1v) is 7.11. The third kappa shape index (κ3) is 4.52. The van der Waals surface area contributed by atoms with Crippen molar-refractivity contribution in [2.75, 3.05) is 33.9 Å². The molecule has 1 aromatic carbocycles. The number of halogens is 2. The van der Waals surface area contributed by atoms with Crippen molar-refractivity contribution in [2.45, 2.75) is 12.5 Å². The Morgan fingerprint density at radius 1 is 1.50 bits per heavy atom. The van der Waals surface area contributed by atoms with Crippen molar-refractivity contribution in [3.05, 3.63) is 33.3 Å². The van der Waals surface area contributed by atoms with Gasteiger partial charge in [-0.3, -0.25) is 4.90 Å². The fourth-order valence-corrected chi connectivity index (χ4v) is 2.73. The molecule has 0 radical (unpaired) electrons. The zero-order chi connectivity index (χ0) is 13.5. The minimum Gasteiger partial charge on any atom is -0.385 e. The molecule has 0 aliphatic rings. The summed E-state index contributed by atoms with van der Waals surface area (Å²) in [6.07, 6.45) is 0.984. The van der Waals surface area contributed by atoms with Crippen LogP contribution in [0.15, 0.2) is 22.7 Å². The second-order valence-electron chi connectivity index (χ2n) is 4.24. The summed E-state index contributed by atoms with van der Waals surface area (Å²) in [5.74, 6) is 0. The van der Waals surface area contributed by atoms with Gasteiger partial charge in [-0.1, -0.05) is 33.6 Å². The molecule has 0 spiro atoms. The Balaban J connectivity index is 2.75. The second-order valence-corrected chi connectivity index (χ2v) is 5.57. The van der Waals surface area contributed by atoms with Gasteiger partial charge in [0.1, 0.15) is 0 Å². The molecule has 0 bridgehead atoms. The SMILES string of the molecule is COCCCN(C)C(CN)c1ccc(Br)cc1Cl. The molecular formula is C13H20BrClN2O. The number of nitrogens with two attached hydrogens (primary N) is 1. The highest BCUT2D eigenvalue weighted by Crippen LogP contribution is 2.28. The Kier molecular flexibility index (Phi) is 7.19. The van der Waals surface area contributed by atoms with Gasteiger partial charge < -0.3 is 10.5 Å². The van der Waals surface area contributed by atoms with Gasteiger partial charge in [-0.15, -0.1) is 0 Å². The van der Waals surface area contributed by atoms with Crippen LogP contribution < -0.4 is 5.73 Å². The number of benzene rings is 1. The van der Waals surface area contributed by atoms with Crippen molar-refractivity contribution >= 4 is 27.5 Å². The van der Waals surface area contributed by atoms with Crippen LogP contribution in [0, 0.1) is 0 Å². The molecule has 5 heteroatoms. The van der Waals surface area contributed by atoms with E-state index in [2.05, 4.69) is 27.9 Å². The number of rotatable bonds is 7. The first-order valence-electron chi connectivity index (χ1n) is 5.94. The third-order valence-electron chi connectivity index (χ3n) is 2.94. The molecule has 102 valence electrons. The lowest BCUT2D eigenvalue weighted by Gasteiger charge is -2.28. The Morgan fingerprint density at radius 2 is 2.22 bits per heavy atom. The molecule has 0 saturated carbocycles. The maximum atomic E-state index is 6.27. The zero-order valence-electron chi connectivity index (χ0n) is 10.8. The molecule has 0 fully saturated rings. The van der Waals surface area contributed by atoms with E-state index in [9.17, 15) is 0 Å². The van der Waals surface area contributed by atoms with E-state index in [-0.39, 0.29) is 6.04 Å². The summed E-state index contributed by atoms with van der Waals surface area (Å²) in [6, 6.07) is 6.06. The maximum Gasteiger partial charge on any atom is 0.0482 e. The van der Waals surface area contributed by atoms with Gasteiger partial charge in [-0.25, -0.2) is 0 Å². The molecule has 1 unspecified atom stereocenters. The Hall–Kier alpha value is -0.130. The smallest absolute Gasteiger partial charge is 0.0482 e. The summed E-state index contributed by atoms with van der Waals surface area (Å²) in [5.41, 5.74) is 6.95. The minimum absolute atomic E-state index is 0.141. The van der Waals surface area contributed by atoms with Gasteiger partial charge in [-0.05, 0) is 31.2 Å². The topological polar surface area (TPSA) is 38.5 Å². The molecule has 0 heterocycles. The number of nitrogens with zero attached hydrogens (tertiary/aromatic N) is 1. The molecule has 1 rings (SSSR count). The average Bonchev–Trinajstić information content (AvgIpc) is 2.33. The first-order chi connectivity index (χ1) is 8.60. The molecule has 18 heavy (non-hydrogen) atoms. The highest BCUT2D eigenvalue weighted by Gasteiger charge is 2.17. The Morgan fingerprint density at radius 3 is 2.78 bits per heavy atom. The minimum atomic E-state index is 0.141. The first kappa shape index (κ1) is 15.9. The number of ether oxygens (including phenoxy) is 1. The Bertz CT molecular complexity index is 376. The molecule has 3 nitrogen and oxygen atoms in total. The van der Waals surface area contributed by atoms with E-state index in [1.54, 1.807) is 7.11 Å². The molecule has 0 aromatic heterocycles. The summed E-state index contributed by atoms with van der Waals surface area (Å²) in [7, 11) is 3.78. The van der Waals surface area contributed by atoms with Crippen molar-refractivity contribution in [3.8, 4) is 0 Å². The molecule has 0 aliphatic carbocycles. The van der Waals surface area contributed by atoms with E-state index >= 15 is 0 Å². The van der Waals surface area contributed by atoms with Crippen LogP contribution in [-0.4, -0.2) is 38.8 Å². The van der Waals surface area contributed by atoms with E-state index in [0.717, 1.165) is 34.6 Å². The molecule has 1 aromatic rings. The van der Waals surface area contributed by atoms with Crippen LogP contribution in [-0.2, 0) is 4.74 Å². The number of hydrogen-bond donors (Lipinski definition) is 1. The fraction of sp³-hybridized carbons (Fsp3) is 0.538. The molecule has 0 amide bonds. The Labute approximate surface area is 122 Å².